The van der Waals surface area contributed by atoms with Crippen molar-refractivity contribution in [3.8, 4) is 0 Å². The van der Waals surface area contributed by atoms with Crippen LogP contribution in [0.1, 0.15) is 52.9 Å². The molecule has 2 unspecified atom stereocenters. The lowest BCUT2D eigenvalue weighted by molar-refractivity contribution is -0.527. The number of hydrogen-bond acceptors (Lipinski definition) is 13. The highest BCUT2D eigenvalue weighted by Gasteiger charge is 2.23. The van der Waals surface area contributed by atoms with Crippen LogP contribution in [0.25, 0.3) is 0 Å². The third-order valence-corrected chi connectivity index (χ3v) is 3.77. The first-order valence-corrected chi connectivity index (χ1v) is 10.2. The van der Waals surface area contributed by atoms with Crippen molar-refractivity contribution in [3.63, 3.8) is 0 Å². The van der Waals surface area contributed by atoms with E-state index in [0.717, 1.165) is 0 Å². The summed E-state index contributed by atoms with van der Waals surface area (Å²) >= 11 is 0. The number of rotatable bonds is 15. The zero-order valence-electron chi connectivity index (χ0n) is 19.2. The van der Waals surface area contributed by atoms with E-state index in [1.807, 2.05) is 0 Å². The van der Waals surface area contributed by atoms with Gasteiger partial charge in [-0.15, -0.1) is 0 Å². The van der Waals surface area contributed by atoms with Gasteiger partial charge in [0.1, 0.15) is 24.4 Å². The third kappa shape index (κ3) is 17.9. The number of aliphatic carboxylic acids is 1. The maximum Gasteiger partial charge on any atom is 0.408 e. The predicted octanol–water partition coefficient (Wildman–Crippen LogP) is -0.0520. The van der Waals surface area contributed by atoms with Gasteiger partial charge in [0.15, 0.2) is 5.96 Å². The Morgan fingerprint density at radius 3 is 2.21 bits per heavy atom. The van der Waals surface area contributed by atoms with Gasteiger partial charge in [0.05, 0.1) is 10.8 Å². The Kier molecular flexibility index (Phi) is 14.8. The predicted molar refractivity (Wildman–Crippen MR) is 109 cm³/mol. The van der Waals surface area contributed by atoms with Gasteiger partial charge in [-0.05, 0) is 46.5 Å². The molecule has 0 bridgehead atoms. The van der Waals surface area contributed by atoms with Gasteiger partial charge in [-0.3, -0.25) is 36.3 Å². The van der Waals surface area contributed by atoms with E-state index >= 15 is 0 Å². The summed E-state index contributed by atoms with van der Waals surface area (Å²) in [6.07, 6.45) is -1.44. The molecule has 0 radical (unpaired) electrons. The van der Waals surface area contributed by atoms with Crippen LogP contribution < -0.4 is 16.0 Å². The van der Waals surface area contributed by atoms with Crippen LogP contribution in [0.15, 0.2) is 0 Å². The largest absolute Gasteiger partial charge is 0.480 e. The van der Waals surface area contributed by atoms with Gasteiger partial charge in [0, 0.05) is 13.0 Å². The van der Waals surface area contributed by atoms with Crippen molar-refractivity contribution >= 4 is 23.9 Å². The van der Waals surface area contributed by atoms with Crippen molar-refractivity contribution in [1.29, 1.82) is 5.41 Å². The van der Waals surface area contributed by atoms with Gasteiger partial charge < -0.3 is 20.5 Å². The van der Waals surface area contributed by atoms with Gasteiger partial charge in [-0.1, -0.05) is 0 Å². The maximum atomic E-state index is 11.9. The number of carboxylic acids is 1. The number of nitrogens with zero attached hydrogens (tertiary/aromatic N) is 2. The summed E-state index contributed by atoms with van der Waals surface area (Å²) in [5.74, 6) is -2.10. The number of amides is 2. The van der Waals surface area contributed by atoms with Gasteiger partial charge in [-0.25, -0.2) is 19.3 Å². The van der Waals surface area contributed by atoms with Crippen molar-refractivity contribution in [2.24, 2.45) is 0 Å². The molecule has 0 spiro atoms. The number of hydrogen-bond donors (Lipinski definition) is 9. The third-order valence-electron chi connectivity index (χ3n) is 3.77. The minimum atomic E-state index is -1.24. The first-order chi connectivity index (χ1) is 15.7. The van der Waals surface area contributed by atoms with Gasteiger partial charge >= 0.3 is 12.1 Å². The van der Waals surface area contributed by atoms with Crippen LogP contribution in [0.5, 0.6) is 0 Å². The number of carboxylic acid groups (broad SMARTS) is 1. The molecule has 0 aromatic heterocycles. The van der Waals surface area contributed by atoms with E-state index in [4.69, 9.17) is 31.0 Å². The molecule has 0 aliphatic carbocycles. The second-order valence-corrected chi connectivity index (χ2v) is 7.95. The Morgan fingerprint density at radius 1 is 1.03 bits per heavy atom. The van der Waals surface area contributed by atoms with Crippen LogP contribution in [-0.4, -0.2) is 91.5 Å². The lowest BCUT2D eigenvalue weighted by Gasteiger charge is -2.22. The fraction of sp³-hybridized carbons (Fsp3) is 0.765. The highest BCUT2D eigenvalue weighted by atomic mass is 17.1. The lowest BCUT2D eigenvalue weighted by atomic mass is 10.1. The quantitative estimate of drug-likeness (QED) is 0.0621. The van der Waals surface area contributed by atoms with Crippen molar-refractivity contribution < 1.29 is 54.7 Å². The van der Waals surface area contributed by atoms with Gasteiger partial charge in [-0.2, -0.15) is 0 Å². The second kappa shape index (κ2) is 16.1. The normalized spacial score (nSPS) is 13.3. The Labute approximate surface area is 195 Å². The van der Waals surface area contributed by atoms with Crippen LogP contribution in [-0.2, 0) is 24.0 Å². The summed E-state index contributed by atoms with van der Waals surface area (Å²) in [5.41, 5.74) is -0.776. The van der Waals surface area contributed by atoms with Crippen molar-refractivity contribution in [1.82, 2.24) is 26.7 Å². The molecule has 34 heavy (non-hydrogen) atoms. The Hall–Kier alpha value is -2.64. The number of carbonyl (C=O) groups excluding carboxylic acids is 2. The molecular formula is C17H34N6O11. The standard InChI is InChI=1S/C17H34N6O11/c1-17(2,3)33-16(27)20-12(14(25)26)7-5-9-19-15(18)21-13(24)8-4-6-11(34-23(30)31)10-32-22(28)29/h11-12,28-31H,4-10H2,1-3H3,(H,20,27)(H,25,26)(H3,18,19,21,24). The molecule has 2 amide bonds. The van der Waals surface area contributed by atoms with E-state index in [9.17, 15) is 19.5 Å². The molecule has 0 rings (SSSR count). The number of alkyl carbamates (subject to hydrolysis) is 1. The number of guanidine groups is 1. The van der Waals surface area contributed by atoms with E-state index in [0.29, 0.717) is 0 Å². The molecule has 0 saturated carbocycles. The molecule has 0 saturated heterocycles. The monoisotopic (exact) mass is 498 g/mol. The minimum absolute atomic E-state index is 0.0537. The fourth-order valence-corrected chi connectivity index (χ4v) is 2.41. The minimum Gasteiger partial charge on any atom is -0.480 e. The molecule has 0 fully saturated rings. The summed E-state index contributed by atoms with van der Waals surface area (Å²) in [7, 11) is 0. The molecule has 198 valence electrons. The van der Waals surface area contributed by atoms with Crippen LogP contribution in [0.3, 0.4) is 0 Å². The van der Waals surface area contributed by atoms with E-state index in [2.05, 4.69) is 25.6 Å². The topological polar surface area (TPSA) is 246 Å². The van der Waals surface area contributed by atoms with E-state index < -0.39 is 53.1 Å². The van der Waals surface area contributed by atoms with Gasteiger partial charge in [0.2, 0.25) is 5.91 Å². The Bertz CT molecular complexity index is 656. The molecule has 17 heteroatoms. The molecule has 17 nitrogen and oxygen atoms in total. The van der Waals surface area contributed by atoms with Crippen LogP contribution in [0.4, 0.5) is 4.79 Å². The second-order valence-electron chi connectivity index (χ2n) is 7.95. The smallest absolute Gasteiger partial charge is 0.408 e. The zero-order chi connectivity index (χ0) is 26.3. The summed E-state index contributed by atoms with van der Waals surface area (Å²) in [5, 5.41) is 57.2. The lowest BCUT2D eigenvalue weighted by Crippen LogP contribution is -2.44. The van der Waals surface area contributed by atoms with Crippen LogP contribution in [0.2, 0.25) is 0 Å². The molecule has 0 aliphatic rings. The molecule has 9 N–H and O–H groups in total. The highest BCUT2D eigenvalue weighted by Crippen LogP contribution is 2.08. The fourth-order valence-electron chi connectivity index (χ4n) is 2.41. The first-order valence-electron chi connectivity index (χ1n) is 10.2. The molecule has 2 atom stereocenters. The summed E-state index contributed by atoms with van der Waals surface area (Å²) in [6.45, 7) is 4.61. The number of ether oxygens (including phenoxy) is 1. The average Bonchev–Trinajstić information content (AvgIpc) is 2.66. The summed E-state index contributed by atoms with van der Waals surface area (Å²) in [6, 6.07) is -1.18. The number of carbonyl (C=O) groups is 3. The Balaban J connectivity index is 4.23. The average molecular weight is 498 g/mol. The van der Waals surface area contributed by atoms with E-state index in [-0.39, 0.29) is 44.6 Å². The summed E-state index contributed by atoms with van der Waals surface area (Å²) in [4.78, 5) is 43.7. The van der Waals surface area contributed by atoms with Crippen LogP contribution in [0, 0.1) is 5.41 Å². The van der Waals surface area contributed by atoms with E-state index in [1.54, 1.807) is 20.8 Å². The Morgan fingerprint density at radius 2 is 1.68 bits per heavy atom. The summed E-state index contributed by atoms with van der Waals surface area (Å²) < 4.78 is 5.02. The van der Waals surface area contributed by atoms with Gasteiger partial charge in [0.25, 0.3) is 0 Å². The van der Waals surface area contributed by atoms with Crippen molar-refractivity contribution in [2.75, 3.05) is 13.2 Å². The SMILES string of the molecule is CC(C)(C)OC(=O)NC(CCCNC(=N)NC(=O)CCCC(CON(O)O)ON(O)O)C(=O)O. The van der Waals surface area contributed by atoms with Crippen molar-refractivity contribution in [3.05, 3.63) is 0 Å². The molecule has 0 aliphatic heterocycles. The molecule has 0 aromatic carbocycles. The zero-order valence-corrected chi connectivity index (χ0v) is 19.2. The first kappa shape index (κ1) is 31.4. The van der Waals surface area contributed by atoms with Crippen molar-refractivity contribution in [2.45, 2.75) is 70.6 Å². The van der Waals surface area contributed by atoms with E-state index in [1.165, 1.54) is 0 Å². The molecule has 0 heterocycles. The van der Waals surface area contributed by atoms with Crippen LogP contribution >= 0.6 is 0 Å². The molecule has 0 aromatic rings. The number of nitrogens with one attached hydrogen (secondary N) is 4. The highest BCUT2D eigenvalue weighted by molar-refractivity contribution is 5.95. The maximum absolute atomic E-state index is 11.9. The molecular weight excluding hydrogens is 464 g/mol.